The summed E-state index contributed by atoms with van der Waals surface area (Å²) in [6.07, 6.45) is 2.73. The number of thiophene rings is 1. The molecule has 4 heteroatoms. The Morgan fingerprint density at radius 3 is 3.06 bits per heavy atom. The zero-order chi connectivity index (χ0) is 12.1. The largest absolute Gasteiger partial charge is 0.316 e. The summed E-state index contributed by atoms with van der Waals surface area (Å²) in [6, 6.07) is 2.24. The first-order valence-electron chi connectivity index (χ1n) is 6.44. The Bertz CT molecular complexity index is 334. The molecule has 0 aromatic carbocycles. The van der Waals surface area contributed by atoms with Crippen molar-refractivity contribution >= 4 is 27.3 Å². The molecule has 1 N–H and O–H groups in total. The van der Waals surface area contributed by atoms with Gasteiger partial charge in [0.2, 0.25) is 0 Å². The van der Waals surface area contributed by atoms with E-state index in [9.17, 15) is 0 Å². The molecule has 1 aliphatic heterocycles. The van der Waals surface area contributed by atoms with E-state index in [4.69, 9.17) is 0 Å². The molecule has 0 spiro atoms. The summed E-state index contributed by atoms with van der Waals surface area (Å²) in [6.45, 7) is 8.15. The minimum absolute atomic E-state index is 0.840. The molecule has 2 rings (SSSR count). The highest BCUT2D eigenvalue weighted by Gasteiger charge is 2.16. The number of nitrogens with zero attached hydrogens (tertiary/aromatic N) is 1. The number of rotatable bonds is 5. The summed E-state index contributed by atoms with van der Waals surface area (Å²) < 4.78 is 1.22. The normalized spacial score (nSPS) is 21.0. The number of hydrogen-bond donors (Lipinski definition) is 1. The molecular formula is C13H21BrN2S. The van der Waals surface area contributed by atoms with Crippen LogP contribution in [0.3, 0.4) is 0 Å². The Morgan fingerprint density at radius 1 is 1.59 bits per heavy atom. The van der Waals surface area contributed by atoms with Gasteiger partial charge in [-0.1, -0.05) is 6.92 Å². The van der Waals surface area contributed by atoms with Crippen molar-refractivity contribution in [1.29, 1.82) is 0 Å². The Labute approximate surface area is 117 Å². The summed E-state index contributed by atoms with van der Waals surface area (Å²) >= 11 is 5.38. The van der Waals surface area contributed by atoms with Crippen LogP contribution in [0.2, 0.25) is 0 Å². The van der Waals surface area contributed by atoms with Gasteiger partial charge in [0, 0.05) is 27.8 Å². The highest BCUT2D eigenvalue weighted by Crippen LogP contribution is 2.22. The van der Waals surface area contributed by atoms with Crippen LogP contribution < -0.4 is 5.32 Å². The maximum absolute atomic E-state index is 3.52. The number of halogens is 1. The van der Waals surface area contributed by atoms with Gasteiger partial charge >= 0.3 is 0 Å². The lowest BCUT2D eigenvalue weighted by molar-refractivity contribution is 0.211. The summed E-state index contributed by atoms with van der Waals surface area (Å²) in [5.41, 5.74) is 0. The van der Waals surface area contributed by atoms with E-state index in [2.05, 4.69) is 44.5 Å². The van der Waals surface area contributed by atoms with Crippen LogP contribution in [-0.2, 0) is 6.54 Å². The van der Waals surface area contributed by atoms with Crippen molar-refractivity contribution in [3.8, 4) is 0 Å². The summed E-state index contributed by atoms with van der Waals surface area (Å²) in [5.74, 6) is 0.840. The van der Waals surface area contributed by atoms with E-state index < -0.39 is 0 Å². The molecule has 1 aromatic heterocycles. The van der Waals surface area contributed by atoms with Crippen molar-refractivity contribution in [2.75, 3.05) is 26.2 Å². The van der Waals surface area contributed by atoms with Gasteiger partial charge < -0.3 is 5.32 Å². The van der Waals surface area contributed by atoms with Crippen molar-refractivity contribution in [3.63, 3.8) is 0 Å². The zero-order valence-electron chi connectivity index (χ0n) is 10.4. The van der Waals surface area contributed by atoms with Crippen LogP contribution >= 0.6 is 27.3 Å². The van der Waals surface area contributed by atoms with Gasteiger partial charge in [0.05, 0.1) is 0 Å². The maximum atomic E-state index is 3.52. The first-order chi connectivity index (χ1) is 8.28. The second-order valence-corrected chi connectivity index (χ2v) is 6.68. The van der Waals surface area contributed by atoms with E-state index in [0.29, 0.717) is 0 Å². The molecule has 1 atom stereocenters. The summed E-state index contributed by atoms with van der Waals surface area (Å²) in [4.78, 5) is 4.03. The second kappa shape index (κ2) is 6.88. The van der Waals surface area contributed by atoms with Gasteiger partial charge in [-0.25, -0.2) is 0 Å². The topological polar surface area (TPSA) is 15.3 Å². The predicted molar refractivity (Wildman–Crippen MR) is 78.6 cm³/mol. The SMILES string of the molecule is CCN(Cc1cc(Br)cs1)CC1CCCNC1. The van der Waals surface area contributed by atoms with E-state index in [1.54, 1.807) is 0 Å². The highest BCUT2D eigenvalue weighted by atomic mass is 79.9. The van der Waals surface area contributed by atoms with Crippen molar-refractivity contribution < 1.29 is 0 Å². The van der Waals surface area contributed by atoms with Gasteiger partial charge in [0.25, 0.3) is 0 Å². The Morgan fingerprint density at radius 2 is 2.47 bits per heavy atom. The van der Waals surface area contributed by atoms with E-state index >= 15 is 0 Å². The van der Waals surface area contributed by atoms with Gasteiger partial charge in [0.1, 0.15) is 0 Å². The van der Waals surface area contributed by atoms with E-state index in [1.807, 2.05) is 11.3 Å². The van der Waals surface area contributed by atoms with Gasteiger partial charge in [-0.3, -0.25) is 4.90 Å². The first kappa shape index (κ1) is 13.5. The van der Waals surface area contributed by atoms with E-state index in [0.717, 1.165) is 19.0 Å². The van der Waals surface area contributed by atoms with E-state index in [-0.39, 0.29) is 0 Å². The lowest BCUT2D eigenvalue weighted by atomic mass is 9.99. The predicted octanol–water partition coefficient (Wildman–Crippen LogP) is 3.33. The molecule has 1 fully saturated rings. The smallest absolute Gasteiger partial charge is 0.0328 e. The Kier molecular flexibility index (Phi) is 5.48. The molecule has 0 bridgehead atoms. The van der Waals surface area contributed by atoms with Gasteiger partial charge in [-0.05, 0) is 60.4 Å². The molecule has 0 saturated carbocycles. The van der Waals surface area contributed by atoms with Crippen LogP contribution in [0.15, 0.2) is 15.9 Å². The van der Waals surface area contributed by atoms with Crippen molar-refractivity contribution in [3.05, 3.63) is 20.8 Å². The standard InChI is InChI=1S/C13H21BrN2S/c1-2-16(8-11-4-3-5-15-7-11)9-13-6-12(14)10-17-13/h6,10-11,15H,2-5,7-9H2,1H3. The number of nitrogens with one attached hydrogen (secondary N) is 1. The molecule has 1 saturated heterocycles. The Hall–Kier alpha value is 0.1000. The van der Waals surface area contributed by atoms with Gasteiger partial charge in [-0.2, -0.15) is 0 Å². The number of piperidine rings is 1. The van der Waals surface area contributed by atoms with Crippen molar-refractivity contribution in [2.45, 2.75) is 26.3 Å². The first-order valence-corrected chi connectivity index (χ1v) is 8.11. The minimum Gasteiger partial charge on any atom is -0.316 e. The molecule has 1 aliphatic rings. The molecule has 1 aromatic rings. The molecule has 0 radical (unpaired) electrons. The molecule has 0 amide bonds. The second-order valence-electron chi connectivity index (χ2n) is 4.77. The molecule has 17 heavy (non-hydrogen) atoms. The van der Waals surface area contributed by atoms with Crippen LogP contribution in [0.25, 0.3) is 0 Å². The average Bonchev–Trinajstić information content (AvgIpc) is 2.75. The fourth-order valence-electron chi connectivity index (χ4n) is 2.41. The third-order valence-corrected chi connectivity index (χ3v) is 5.05. The highest BCUT2D eigenvalue weighted by molar-refractivity contribution is 9.10. The lowest BCUT2D eigenvalue weighted by Crippen LogP contribution is -2.37. The van der Waals surface area contributed by atoms with Gasteiger partial charge in [-0.15, -0.1) is 11.3 Å². The Balaban J connectivity index is 1.83. The lowest BCUT2D eigenvalue weighted by Gasteiger charge is -2.29. The fraction of sp³-hybridized carbons (Fsp3) is 0.692. The zero-order valence-corrected chi connectivity index (χ0v) is 12.8. The molecule has 2 heterocycles. The monoisotopic (exact) mass is 316 g/mol. The van der Waals surface area contributed by atoms with E-state index in [1.165, 1.54) is 41.8 Å². The van der Waals surface area contributed by atoms with Crippen molar-refractivity contribution in [1.82, 2.24) is 10.2 Å². The summed E-state index contributed by atoms with van der Waals surface area (Å²) in [5, 5.41) is 5.67. The molecule has 1 unspecified atom stereocenters. The van der Waals surface area contributed by atoms with Crippen LogP contribution in [0.4, 0.5) is 0 Å². The molecular weight excluding hydrogens is 296 g/mol. The third kappa shape index (κ3) is 4.36. The van der Waals surface area contributed by atoms with Crippen LogP contribution in [0, 0.1) is 5.92 Å². The quantitative estimate of drug-likeness (QED) is 0.896. The third-order valence-electron chi connectivity index (χ3n) is 3.36. The summed E-state index contributed by atoms with van der Waals surface area (Å²) in [7, 11) is 0. The molecule has 2 nitrogen and oxygen atoms in total. The molecule has 96 valence electrons. The van der Waals surface area contributed by atoms with Gasteiger partial charge in [0.15, 0.2) is 0 Å². The number of hydrogen-bond acceptors (Lipinski definition) is 3. The maximum Gasteiger partial charge on any atom is 0.0328 e. The minimum atomic E-state index is 0.840. The van der Waals surface area contributed by atoms with Crippen LogP contribution in [-0.4, -0.2) is 31.1 Å². The van der Waals surface area contributed by atoms with Crippen LogP contribution in [0.5, 0.6) is 0 Å². The van der Waals surface area contributed by atoms with Crippen LogP contribution in [0.1, 0.15) is 24.6 Å². The fourth-order valence-corrected chi connectivity index (χ4v) is 3.90. The molecule has 0 aliphatic carbocycles. The average molecular weight is 317 g/mol. The van der Waals surface area contributed by atoms with Crippen molar-refractivity contribution in [2.24, 2.45) is 5.92 Å².